The Morgan fingerprint density at radius 1 is 0.884 bits per heavy atom. The lowest BCUT2D eigenvalue weighted by molar-refractivity contribution is -0.308. The first-order valence-corrected chi connectivity index (χ1v) is 13.8. The standard InChI is InChI=1S/C27H31F9N2O5/c28-25(29,30)18-12-17(13-21(14-18)42-20-4-2-19(3-5-20)41-16-39)15-38-9-1-6-24(38)7-10-37(11-8-24)23(40)43-22(26(31,32)33)27(34,35)36/h12-14,16,19-20,22H,1-11,15H2. The maximum absolute atomic E-state index is 13.8. The summed E-state index contributed by atoms with van der Waals surface area (Å²) in [5, 5.41) is 0. The van der Waals surface area contributed by atoms with Crippen LogP contribution >= 0.6 is 0 Å². The number of hydrogen-bond donors (Lipinski definition) is 0. The van der Waals surface area contributed by atoms with Crippen LogP contribution in [0.1, 0.15) is 62.5 Å². The van der Waals surface area contributed by atoms with Crippen LogP contribution in [0.5, 0.6) is 5.75 Å². The minimum atomic E-state index is -5.83. The molecule has 2 heterocycles. The lowest BCUT2D eigenvalue weighted by Gasteiger charge is -2.45. The van der Waals surface area contributed by atoms with E-state index in [1.54, 1.807) is 0 Å². The average molecular weight is 635 g/mol. The number of rotatable bonds is 7. The molecule has 0 N–H and O–H groups in total. The van der Waals surface area contributed by atoms with Crippen molar-refractivity contribution in [1.82, 2.24) is 9.80 Å². The van der Waals surface area contributed by atoms with Gasteiger partial charge in [-0.25, -0.2) is 4.79 Å². The van der Waals surface area contributed by atoms with E-state index in [1.165, 1.54) is 6.07 Å². The van der Waals surface area contributed by atoms with Crippen LogP contribution in [0.15, 0.2) is 18.2 Å². The van der Waals surface area contributed by atoms with Crippen LogP contribution in [0.4, 0.5) is 44.3 Å². The van der Waals surface area contributed by atoms with Crippen LogP contribution in [0.2, 0.25) is 0 Å². The smallest absolute Gasteiger partial charge is 0.434 e. The van der Waals surface area contributed by atoms with Gasteiger partial charge in [0.15, 0.2) is 0 Å². The largest absolute Gasteiger partial charge is 0.490 e. The highest BCUT2D eigenvalue weighted by Gasteiger charge is 2.60. The van der Waals surface area contributed by atoms with Crippen LogP contribution in [0.25, 0.3) is 0 Å². The molecule has 1 saturated carbocycles. The molecule has 4 rings (SSSR count). The van der Waals surface area contributed by atoms with Crippen molar-refractivity contribution in [2.75, 3.05) is 19.6 Å². The Hall–Kier alpha value is -2.91. The molecule has 0 radical (unpaired) electrons. The molecule has 1 spiro atoms. The molecule has 0 unspecified atom stereocenters. The first kappa shape index (κ1) is 33.0. The number of benzene rings is 1. The molecule has 1 aromatic rings. The number of likely N-dealkylation sites (tertiary alicyclic amines) is 2. The molecule has 3 fully saturated rings. The second-order valence-electron chi connectivity index (χ2n) is 11.2. The van der Waals surface area contributed by atoms with Gasteiger partial charge in [0.1, 0.15) is 11.9 Å². The number of carbonyl (C=O) groups is 2. The zero-order valence-electron chi connectivity index (χ0n) is 22.9. The third kappa shape index (κ3) is 8.18. The third-order valence-corrected chi connectivity index (χ3v) is 8.35. The van der Waals surface area contributed by atoms with Gasteiger partial charge in [-0.1, -0.05) is 0 Å². The number of alkyl halides is 9. The fraction of sp³-hybridized carbons (Fsp3) is 0.704. The molecular formula is C27H31F9N2O5. The van der Waals surface area contributed by atoms with Gasteiger partial charge in [0, 0.05) is 25.2 Å². The third-order valence-electron chi connectivity index (χ3n) is 8.35. The molecule has 242 valence electrons. The summed E-state index contributed by atoms with van der Waals surface area (Å²) in [4.78, 5) is 25.5. The van der Waals surface area contributed by atoms with Crippen molar-refractivity contribution in [3.63, 3.8) is 0 Å². The zero-order valence-corrected chi connectivity index (χ0v) is 22.9. The SMILES string of the molecule is O=COC1CCC(Oc2cc(CN3CCCC34CCN(C(=O)OC(C(F)(F)F)C(F)(F)F)CC4)cc(C(F)(F)F)c2)CC1. The summed E-state index contributed by atoms with van der Waals surface area (Å²) in [5.74, 6) is 0.0410. The van der Waals surface area contributed by atoms with E-state index in [2.05, 4.69) is 4.74 Å². The monoisotopic (exact) mass is 634 g/mol. The van der Waals surface area contributed by atoms with Crippen LogP contribution in [0.3, 0.4) is 0 Å². The van der Waals surface area contributed by atoms with Gasteiger partial charge in [0.2, 0.25) is 0 Å². The van der Waals surface area contributed by atoms with Crippen molar-refractivity contribution in [2.45, 2.75) is 100 Å². The summed E-state index contributed by atoms with van der Waals surface area (Å²) in [6.07, 6.45) is -19.2. The summed E-state index contributed by atoms with van der Waals surface area (Å²) >= 11 is 0. The van der Waals surface area contributed by atoms with Gasteiger partial charge in [0.05, 0.1) is 11.7 Å². The Kier molecular flexibility index (Phi) is 9.67. The molecule has 0 aromatic heterocycles. The Bertz CT molecular complexity index is 1110. The average Bonchev–Trinajstić information content (AvgIpc) is 3.28. The van der Waals surface area contributed by atoms with Gasteiger partial charge >= 0.3 is 24.6 Å². The summed E-state index contributed by atoms with van der Waals surface area (Å²) in [5.41, 5.74) is -1.17. The van der Waals surface area contributed by atoms with Crippen molar-refractivity contribution in [3.05, 3.63) is 29.3 Å². The number of carbonyl (C=O) groups excluding carboxylic acids is 2. The molecule has 0 atom stereocenters. The Labute approximate surface area is 241 Å². The van der Waals surface area contributed by atoms with E-state index in [9.17, 15) is 49.1 Å². The van der Waals surface area contributed by atoms with Gasteiger partial charge in [-0.05, 0) is 81.7 Å². The number of piperidine rings is 1. The van der Waals surface area contributed by atoms with E-state index in [4.69, 9.17) is 9.47 Å². The van der Waals surface area contributed by atoms with E-state index < -0.39 is 41.8 Å². The van der Waals surface area contributed by atoms with Gasteiger partial charge in [-0.3, -0.25) is 9.69 Å². The van der Waals surface area contributed by atoms with Crippen LogP contribution < -0.4 is 4.74 Å². The lowest BCUT2D eigenvalue weighted by atomic mass is 9.85. The maximum atomic E-state index is 13.8. The van der Waals surface area contributed by atoms with E-state index in [1.807, 2.05) is 4.90 Å². The molecule has 0 bridgehead atoms. The quantitative estimate of drug-likeness (QED) is 0.248. The minimum absolute atomic E-state index is 0.0410. The number of halogens is 9. The summed E-state index contributed by atoms with van der Waals surface area (Å²) < 4.78 is 133. The molecule has 3 aliphatic rings. The second-order valence-corrected chi connectivity index (χ2v) is 11.2. The summed E-state index contributed by atoms with van der Waals surface area (Å²) in [7, 11) is 0. The summed E-state index contributed by atoms with van der Waals surface area (Å²) in [6.45, 7) is 0.607. The Morgan fingerprint density at radius 3 is 2.05 bits per heavy atom. The summed E-state index contributed by atoms with van der Waals surface area (Å²) in [6, 6.07) is 3.47. The van der Waals surface area contributed by atoms with E-state index >= 15 is 0 Å². The molecule has 2 aliphatic heterocycles. The van der Waals surface area contributed by atoms with Crippen molar-refractivity contribution >= 4 is 12.6 Å². The predicted octanol–water partition coefficient (Wildman–Crippen LogP) is 6.63. The predicted molar refractivity (Wildman–Crippen MR) is 131 cm³/mol. The van der Waals surface area contributed by atoms with Gasteiger partial charge < -0.3 is 19.1 Å². The fourth-order valence-corrected chi connectivity index (χ4v) is 6.17. The highest BCUT2D eigenvalue weighted by molar-refractivity contribution is 5.68. The number of nitrogens with zero attached hydrogens (tertiary/aromatic N) is 2. The van der Waals surface area contributed by atoms with Crippen molar-refractivity contribution < 1.29 is 63.3 Å². The zero-order chi connectivity index (χ0) is 31.6. The molecular weight excluding hydrogens is 603 g/mol. The minimum Gasteiger partial charge on any atom is -0.490 e. The van der Waals surface area contributed by atoms with Crippen LogP contribution in [0, 0.1) is 0 Å². The molecule has 1 aliphatic carbocycles. The molecule has 43 heavy (non-hydrogen) atoms. The number of ether oxygens (including phenoxy) is 3. The Morgan fingerprint density at radius 2 is 1.49 bits per heavy atom. The van der Waals surface area contributed by atoms with Gasteiger partial charge in [-0.2, -0.15) is 39.5 Å². The highest BCUT2D eigenvalue weighted by atomic mass is 19.4. The van der Waals surface area contributed by atoms with Crippen molar-refractivity contribution in [3.8, 4) is 5.75 Å². The maximum Gasteiger partial charge on any atom is 0.434 e. The normalized spacial score (nSPS) is 23.4. The topological polar surface area (TPSA) is 68.3 Å². The van der Waals surface area contributed by atoms with Crippen molar-refractivity contribution in [2.24, 2.45) is 0 Å². The molecule has 16 heteroatoms. The molecule has 1 amide bonds. The second kappa shape index (κ2) is 12.6. The van der Waals surface area contributed by atoms with Gasteiger partial charge in [0.25, 0.3) is 12.6 Å². The molecule has 1 aromatic carbocycles. The van der Waals surface area contributed by atoms with Gasteiger partial charge in [-0.15, -0.1) is 0 Å². The number of amides is 1. The lowest BCUT2D eigenvalue weighted by Crippen LogP contribution is -2.54. The Balaban J connectivity index is 1.43. The molecule has 2 saturated heterocycles. The first-order valence-electron chi connectivity index (χ1n) is 13.8. The van der Waals surface area contributed by atoms with Crippen LogP contribution in [-0.2, 0) is 27.0 Å². The fourth-order valence-electron chi connectivity index (χ4n) is 6.17. The van der Waals surface area contributed by atoms with E-state index in [-0.39, 0.29) is 50.4 Å². The first-order chi connectivity index (χ1) is 20.0. The highest BCUT2D eigenvalue weighted by Crippen LogP contribution is 2.42. The van der Waals surface area contributed by atoms with Crippen molar-refractivity contribution in [1.29, 1.82) is 0 Å². The molecule has 7 nitrogen and oxygen atoms in total. The van der Waals surface area contributed by atoms with E-state index in [0.29, 0.717) is 57.1 Å². The van der Waals surface area contributed by atoms with Crippen LogP contribution in [-0.4, -0.2) is 78.2 Å². The number of hydrogen-bond acceptors (Lipinski definition) is 6. The van der Waals surface area contributed by atoms with E-state index in [0.717, 1.165) is 17.0 Å².